The first-order valence-corrected chi connectivity index (χ1v) is 11.2. The maximum atomic E-state index is 12.6. The molecular weight excluding hydrogens is 396 g/mol. The van der Waals surface area contributed by atoms with Gasteiger partial charge in [0.1, 0.15) is 0 Å². The van der Waals surface area contributed by atoms with Gasteiger partial charge in [-0.25, -0.2) is 0 Å². The number of hydrogen-bond acceptors (Lipinski definition) is 4. The highest BCUT2D eigenvalue weighted by molar-refractivity contribution is 7.89. The van der Waals surface area contributed by atoms with Crippen LogP contribution in [0.15, 0.2) is 94.9 Å². The molecular formula is C24H24N2O3S. The summed E-state index contributed by atoms with van der Waals surface area (Å²) in [6, 6.07) is 25.1. The topological polar surface area (TPSA) is 75.6 Å². The van der Waals surface area contributed by atoms with Crippen molar-refractivity contribution in [3.05, 3.63) is 102 Å². The molecule has 0 aliphatic rings. The normalized spacial score (nSPS) is 11.8. The molecule has 0 aliphatic heterocycles. The zero-order valence-electron chi connectivity index (χ0n) is 16.8. The fourth-order valence-electron chi connectivity index (χ4n) is 2.97. The summed E-state index contributed by atoms with van der Waals surface area (Å²) in [6.07, 6.45) is 1.40. The Bertz CT molecular complexity index is 1110. The van der Waals surface area contributed by atoms with E-state index in [2.05, 4.69) is 9.93 Å². The van der Waals surface area contributed by atoms with E-state index in [0.717, 1.165) is 11.1 Å². The van der Waals surface area contributed by atoms with Gasteiger partial charge in [-0.15, -0.1) is 0 Å². The molecule has 1 N–H and O–H groups in total. The third-order valence-electron chi connectivity index (χ3n) is 4.65. The molecule has 0 heterocycles. The molecule has 0 spiro atoms. The van der Waals surface area contributed by atoms with E-state index in [1.807, 2.05) is 55.5 Å². The van der Waals surface area contributed by atoms with E-state index in [-0.39, 0.29) is 10.7 Å². The lowest BCUT2D eigenvalue weighted by Gasteiger charge is -2.09. The lowest BCUT2D eigenvalue weighted by molar-refractivity contribution is 0.0981. The van der Waals surface area contributed by atoms with E-state index in [1.165, 1.54) is 0 Å². The molecule has 0 saturated carbocycles. The van der Waals surface area contributed by atoms with Crippen LogP contribution in [0.3, 0.4) is 0 Å². The van der Waals surface area contributed by atoms with Gasteiger partial charge in [-0.3, -0.25) is 4.79 Å². The van der Waals surface area contributed by atoms with Gasteiger partial charge < -0.3 is 0 Å². The van der Waals surface area contributed by atoms with Crippen molar-refractivity contribution in [2.45, 2.75) is 31.1 Å². The van der Waals surface area contributed by atoms with Crippen LogP contribution in [0.2, 0.25) is 0 Å². The second-order valence-corrected chi connectivity index (χ2v) is 8.64. The van der Waals surface area contributed by atoms with Crippen LogP contribution in [0.4, 0.5) is 0 Å². The number of aryl methyl sites for hydroxylation is 1. The molecule has 3 rings (SSSR count). The van der Waals surface area contributed by atoms with Gasteiger partial charge in [-0.2, -0.15) is 18.4 Å². The van der Waals surface area contributed by atoms with Crippen molar-refractivity contribution in [2.75, 3.05) is 0 Å². The van der Waals surface area contributed by atoms with Crippen molar-refractivity contribution in [1.29, 1.82) is 0 Å². The van der Waals surface area contributed by atoms with E-state index in [1.54, 1.807) is 36.4 Å². The summed E-state index contributed by atoms with van der Waals surface area (Å²) in [5, 5.41) is 4.20. The molecule has 0 atom stereocenters. The van der Waals surface area contributed by atoms with E-state index in [9.17, 15) is 13.2 Å². The standard InChI is InChI=1S/C24H24N2O3S/c1-19-15-17-22(18-16-19)30(28,29)26-25-23(20-9-4-2-5-10-20)13-8-14-24(27)21-11-6-3-7-12-21/h2-7,9-12,15-18,26H,8,13-14H2,1H3/b25-23-. The fraction of sp³-hybridized carbons (Fsp3) is 0.167. The molecule has 0 radical (unpaired) electrons. The largest absolute Gasteiger partial charge is 0.294 e. The summed E-state index contributed by atoms with van der Waals surface area (Å²) >= 11 is 0. The molecule has 0 saturated heterocycles. The molecule has 5 nitrogen and oxygen atoms in total. The van der Waals surface area contributed by atoms with Crippen LogP contribution in [0.5, 0.6) is 0 Å². The van der Waals surface area contributed by atoms with Crippen LogP contribution in [0, 0.1) is 6.92 Å². The summed E-state index contributed by atoms with van der Waals surface area (Å²) in [7, 11) is -3.77. The second kappa shape index (κ2) is 9.98. The van der Waals surface area contributed by atoms with E-state index in [0.29, 0.717) is 30.5 Å². The Hall–Kier alpha value is -3.25. The van der Waals surface area contributed by atoms with Crippen LogP contribution >= 0.6 is 0 Å². The van der Waals surface area contributed by atoms with Crippen molar-refractivity contribution >= 4 is 21.5 Å². The van der Waals surface area contributed by atoms with Gasteiger partial charge in [-0.1, -0.05) is 78.4 Å². The van der Waals surface area contributed by atoms with Gasteiger partial charge in [0.15, 0.2) is 5.78 Å². The number of rotatable bonds is 9. The molecule has 154 valence electrons. The van der Waals surface area contributed by atoms with Crippen LogP contribution < -0.4 is 4.83 Å². The maximum absolute atomic E-state index is 12.6. The Kier molecular flexibility index (Phi) is 7.14. The first-order valence-electron chi connectivity index (χ1n) is 9.74. The van der Waals surface area contributed by atoms with Crippen molar-refractivity contribution in [2.24, 2.45) is 5.10 Å². The van der Waals surface area contributed by atoms with Crippen molar-refractivity contribution in [3.8, 4) is 0 Å². The number of carbonyl (C=O) groups excluding carboxylic acids is 1. The number of nitrogens with one attached hydrogen (secondary N) is 1. The van der Waals surface area contributed by atoms with Gasteiger partial charge in [0, 0.05) is 12.0 Å². The van der Waals surface area contributed by atoms with Gasteiger partial charge in [0.2, 0.25) is 0 Å². The minimum absolute atomic E-state index is 0.0586. The number of benzene rings is 3. The quantitative estimate of drug-likeness (QED) is 0.309. The van der Waals surface area contributed by atoms with E-state index < -0.39 is 10.0 Å². The molecule has 0 aromatic heterocycles. The summed E-state index contributed by atoms with van der Waals surface area (Å²) in [4.78, 5) is 14.8. The first kappa shape index (κ1) is 21.5. The summed E-state index contributed by atoms with van der Waals surface area (Å²) in [6.45, 7) is 1.90. The minimum atomic E-state index is -3.77. The Balaban J connectivity index is 1.72. The molecule has 0 unspecified atom stereocenters. The molecule has 0 bridgehead atoms. The monoisotopic (exact) mass is 420 g/mol. The lowest BCUT2D eigenvalue weighted by Crippen LogP contribution is -2.21. The summed E-state index contributed by atoms with van der Waals surface area (Å²) < 4.78 is 25.1. The van der Waals surface area contributed by atoms with Crippen molar-refractivity contribution in [3.63, 3.8) is 0 Å². The van der Waals surface area contributed by atoms with Crippen LogP contribution in [0.1, 0.15) is 40.7 Å². The third-order valence-corrected chi connectivity index (χ3v) is 5.88. The molecule has 0 fully saturated rings. The first-order chi connectivity index (χ1) is 14.5. The number of sulfonamides is 1. The number of nitrogens with zero attached hydrogens (tertiary/aromatic N) is 1. The number of hydrazone groups is 1. The Morgan fingerprint density at radius 3 is 1.97 bits per heavy atom. The van der Waals surface area contributed by atoms with Gasteiger partial charge in [0.05, 0.1) is 10.6 Å². The van der Waals surface area contributed by atoms with E-state index in [4.69, 9.17) is 0 Å². The minimum Gasteiger partial charge on any atom is -0.294 e. The Labute approximate surface area is 177 Å². The highest BCUT2D eigenvalue weighted by atomic mass is 32.2. The van der Waals surface area contributed by atoms with Crippen LogP contribution in [-0.2, 0) is 10.0 Å². The number of ketones is 1. The van der Waals surface area contributed by atoms with Crippen LogP contribution in [-0.4, -0.2) is 19.9 Å². The Morgan fingerprint density at radius 1 is 0.800 bits per heavy atom. The van der Waals surface area contributed by atoms with Crippen LogP contribution in [0.25, 0.3) is 0 Å². The SMILES string of the molecule is Cc1ccc(S(=O)(=O)N/N=C(/CCCC(=O)c2ccccc2)c2ccccc2)cc1. The van der Waals surface area contributed by atoms with Gasteiger partial charge >= 0.3 is 0 Å². The average molecular weight is 421 g/mol. The zero-order valence-corrected chi connectivity index (χ0v) is 17.6. The number of carbonyl (C=O) groups is 1. The molecule has 0 amide bonds. The summed E-state index contributed by atoms with van der Waals surface area (Å²) in [5.41, 5.74) is 3.06. The summed E-state index contributed by atoms with van der Waals surface area (Å²) in [5.74, 6) is 0.0586. The highest BCUT2D eigenvalue weighted by Gasteiger charge is 2.14. The smallest absolute Gasteiger partial charge is 0.276 e. The predicted octanol–water partition coefficient (Wildman–Crippen LogP) is 4.73. The van der Waals surface area contributed by atoms with Crippen molar-refractivity contribution < 1.29 is 13.2 Å². The molecule has 0 aliphatic carbocycles. The van der Waals surface area contributed by atoms with E-state index >= 15 is 0 Å². The average Bonchev–Trinajstić information content (AvgIpc) is 2.77. The highest BCUT2D eigenvalue weighted by Crippen LogP contribution is 2.13. The molecule has 3 aromatic rings. The second-order valence-electron chi connectivity index (χ2n) is 6.98. The predicted molar refractivity (Wildman–Crippen MR) is 119 cm³/mol. The zero-order chi connectivity index (χ0) is 21.4. The van der Waals surface area contributed by atoms with Gasteiger partial charge in [0.25, 0.3) is 10.0 Å². The third kappa shape index (κ3) is 5.87. The van der Waals surface area contributed by atoms with Gasteiger partial charge in [-0.05, 0) is 37.5 Å². The molecule has 30 heavy (non-hydrogen) atoms. The maximum Gasteiger partial charge on any atom is 0.276 e. The Morgan fingerprint density at radius 2 is 1.37 bits per heavy atom. The fourth-order valence-corrected chi connectivity index (χ4v) is 3.80. The number of Topliss-reactive ketones (excluding diaryl/α,β-unsaturated/α-hetero) is 1. The van der Waals surface area contributed by atoms with Crippen molar-refractivity contribution in [1.82, 2.24) is 4.83 Å². The molecule has 6 heteroatoms. The lowest BCUT2D eigenvalue weighted by atomic mass is 10.0. The molecule has 3 aromatic carbocycles. The number of hydrogen-bond donors (Lipinski definition) is 1.